The van der Waals surface area contributed by atoms with E-state index in [1.807, 2.05) is 18.2 Å². The first-order valence-corrected chi connectivity index (χ1v) is 6.10. The Morgan fingerprint density at radius 2 is 1.38 bits per heavy atom. The summed E-state index contributed by atoms with van der Waals surface area (Å²) in [5.41, 5.74) is 0.196. The summed E-state index contributed by atoms with van der Waals surface area (Å²) >= 11 is 0. The molecule has 0 radical (unpaired) electrons. The number of hydrogen-bond donors (Lipinski definition) is 0. The van der Waals surface area contributed by atoms with E-state index in [1.165, 1.54) is 12.1 Å². The van der Waals surface area contributed by atoms with Crippen molar-refractivity contribution in [3.63, 3.8) is 0 Å². The molecule has 1 aromatic heterocycles. The Balaban J connectivity index is 1.97. The van der Waals surface area contributed by atoms with Crippen LogP contribution in [0.3, 0.4) is 0 Å². The third-order valence-corrected chi connectivity index (χ3v) is 2.88. The van der Waals surface area contributed by atoms with Gasteiger partial charge >= 0.3 is 6.18 Å². The van der Waals surface area contributed by atoms with E-state index in [-0.39, 0.29) is 17.3 Å². The van der Waals surface area contributed by atoms with E-state index >= 15 is 0 Å². The highest BCUT2D eigenvalue weighted by atomic mass is 19.4. The summed E-state index contributed by atoms with van der Waals surface area (Å²) < 4.78 is 43.5. The van der Waals surface area contributed by atoms with Crippen molar-refractivity contribution < 1.29 is 17.6 Å². The summed E-state index contributed by atoms with van der Waals surface area (Å²) in [4.78, 5) is 0. The van der Waals surface area contributed by atoms with E-state index in [1.54, 1.807) is 12.1 Å². The van der Waals surface area contributed by atoms with Gasteiger partial charge in [-0.3, -0.25) is 0 Å². The van der Waals surface area contributed by atoms with Crippen LogP contribution >= 0.6 is 0 Å². The highest BCUT2D eigenvalue weighted by Gasteiger charge is 2.30. The molecule has 2 aromatic carbocycles. The van der Waals surface area contributed by atoms with E-state index in [4.69, 9.17) is 4.42 Å². The van der Waals surface area contributed by atoms with Gasteiger partial charge in [-0.05, 0) is 30.3 Å². The number of hydrogen-bond acceptors (Lipinski definition) is 3. The summed E-state index contributed by atoms with van der Waals surface area (Å²) in [5.74, 6) is 0.322. The van der Waals surface area contributed by atoms with Gasteiger partial charge in [-0.1, -0.05) is 24.3 Å². The van der Waals surface area contributed by atoms with Crippen LogP contribution in [-0.4, -0.2) is 10.2 Å². The van der Waals surface area contributed by atoms with Gasteiger partial charge in [0.2, 0.25) is 11.8 Å². The molecule has 21 heavy (non-hydrogen) atoms. The zero-order valence-corrected chi connectivity index (χ0v) is 10.6. The quantitative estimate of drug-likeness (QED) is 0.701. The fourth-order valence-corrected chi connectivity index (χ4v) is 1.87. The van der Waals surface area contributed by atoms with Crippen LogP contribution in [0.5, 0.6) is 0 Å². The Morgan fingerprint density at radius 1 is 0.762 bits per heavy atom. The largest absolute Gasteiger partial charge is 0.416 e. The van der Waals surface area contributed by atoms with Crippen LogP contribution in [-0.2, 0) is 6.18 Å². The lowest BCUT2D eigenvalue weighted by atomic mass is 10.1. The summed E-state index contributed by atoms with van der Waals surface area (Å²) in [7, 11) is 0. The normalized spacial score (nSPS) is 11.6. The summed E-state index contributed by atoms with van der Waals surface area (Å²) in [6, 6.07) is 13.8. The minimum Gasteiger partial charge on any atom is -0.416 e. The van der Waals surface area contributed by atoms with Crippen LogP contribution in [0, 0.1) is 0 Å². The molecule has 6 heteroatoms. The molecule has 0 saturated carbocycles. The molecule has 3 rings (SSSR count). The molecule has 0 aliphatic carbocycles. The molecule has 0 N–H and O–H groups in total. The van der Waals surface area contributed by atoms with Gasteiger partial charge in [-0.15, -0.1) is 10.2 Å². The number of rotatable bonds is 2. The van der Waals surface area contributed by atoms with Crippen molar-refractivity contribution in [3.05, 3.63) is 60.2 Å². The average molecular weight is 290 g/mol. The monoisotopic (exact) mass is 290 g/mol. The van der Waals surface area contributed by atoms with Crippen molar-refractivity contribution in [2.45, 2.75) is 6.18 Å². The maximum absolute atomic E-state index is 12.7. The van der Waals surface area contributed by atoms with Crippen LogP contribution in [0.1, 0.15) is 5.56 Å². The number of alkyl halides is 3. The van der Waals surface area contributed by atoms with Crippen molar-refractivity contribution >= 4 is 0 Å². The van der Waals surface area contributed by atoms with Crippen LogP contribution in [0.2, 0.25) is 0 Å². The highest BCUT2D eigenvalue weighted by molar-refractivity contribution is 5.58. The summed E-state index contributed by atoms with van der Waals surface area (Å²) in [6.07, 6.45) is -4.40. The zero-order chi connectivity index (χ0) is 14.9. The van der Waals surface area contributed by atoms with Gasteiger partial charge in [0.15, 0.2) is 0 Å². The van der Waals surface area contributed by atoms with Crippen LogP contribution in [0.4, 0.5) is 13.2 Å². The second kappa shape index (κ2) is 5.05. The summed E-state index contributed by atoms with van der Waals surface area (Å²) in [5, 5.41) is 7.66. The Labute approximate surface area is 118 Å². The molecule has 1 heterocycles. The Hall–Kier alpha value is -2.63. The molecular weight excluding hydrogens is 281 g/mol. The topological polar surface area (TPSA) is 38.9 Å². The molecule has 0 atom stereocenters. The average Bonchev–Trinajstić information content (AvgIpc) is 2.97. The first-order chi connectivity index (χ1) is 10.0. The second-order valence-electron chi connectivity index (χ2n) is 4.36. The molecule has 0 bridgehead atoms. The van der Waals surface area contributed by atoms with Crippen LogP contribution < -0.4 is 0 Å². The van der Waals surface area contributed by atoms with Crippen molar-refractivity contribution in [1.82, 2.24) is 10.2 Å². The lowest BCUT2D eigenvalue weighted by Crippen LogP contribution is -2.04. The van der Waals surface area contributed by atoms with Crippen LogP contribution in [0.25, 0.3) is 22.9 Å². The molecule has 0 aliphatic heterocycles. The van der Waals surface area contributed by atoms with E-state index < -0.39 is 11.7 Å². The predicted octanol–water partition coefficient (Wildman–Crippen LogP) is 4.42. The fourth-order valence-electron chi connectivity index (χ4n) is 1.87. The molecule has 106 valence electrons. The van der Waals surface area contributed by atoms with Crippen LogP contribution in [0.15, 0.2) is 59.0 Å². The van der Waals surface area contributed by atoms with E-state index in [2.05, 4.69) is 10.2 Å². The zero-order valence-electron chi connectivity index (χ0n) is 10.6. The third-order valence-electron chi connectivity index (χ3n) is 2.88. The van der Waals surface area contributed by atoms with Gasteiger partial charge in [0.25, 0.3) is 0 Å². The molecule has 0 spiro atoms. The highest BCUT2D eigenvalue weighted by Crippen LogP contribution is 2.32. The molecule has 0 unspecified atom stereocenters. The van der Waals surface area contributed by atoms with Crippen molar-refractivity contribution in [3.8, 4) is 22.9 Å². The van der Waals surface area contributed by atoms with Gasteiger partial charge < -0.3 is 4.42 Å². The first kappa shape index (κ1) is 13.4. The maximum Gasteiger partial charge on any atom is 0.416 e. The lowest BCUT2D eigenvalue weighted by Gasteiger charge is -2.06. The Morgan fingerprint density at radius 3 is 2.05 bits per heavy atom. The molecule has 0 aliphatic rings. The molecular formula is C15H9F3N2O. The van der Waals surface area contributed by atoms with Crippen molar-refractivity contribution in [1.29, 1.82) is 0 Å². The first-order valence-electron chi connectivity index (χ1n) is 6.10. The van der Waals surface area contributed by atoms with Crippen molar-refractivity contribution in [2.24, 2.45) is 0 Å². The summed E-state index contributed by atoms with van der Waals surface area (Å²) in [6.45, 7) is 0. The Bertz CT molecular complexity index is 751. The SMILES string of the molecule is FC(F)(F)c1cccc(-c2nnc(-c3ccccc3)o2)c1. The minimum absolute atomic E-state index is 0.0555. The predicted molar refractivity (Wildman–Crippen MR) is 70.2 cm³/mol. The fraction of sp³-hybridized carbons (Fsp3) is 0.0667. The van der Waals surface area contributed by atoms with Gasteiger partial charge in [0.05, 0.1) is 5.56 Å². The Kier molecular flexibility index (Phi) is 3.21. The molecule has 3 nitrogen and oxygen atoms in total. The van der Waals surface area contributed by atoms with E-state index in [0.717, 1.165) is 12.1 Å². The second-order valence-corrected chi connectivity index (χ2v) is 4.36. The van der Waals surface area contributed by atoms with Gasteiger partial charge in [-0.2, -0.15) is 13.2 Å². The lowest BCUT2D eigenvalue weighted by molar-refractivity contribution is -0.137. The van der Waals surface area contributed by atoms with E-state index in [0.29, 0.717) is 5.56 Å². The molecule has 0 fully saturated rings. The van der Waals surface area contributed by atoms with Gasteiger partial charge in [0, 0.05) is 11.1 Å². The van der Waals surface area contributed by atoms with Crippen molar-refractivity contribution in [2.75, 3.05) is 0 Å². The third kappa shape index (κ3) is 2.79. The number of aromatic nitrogens is 2. The number of nitrogens with zero attached hydrogens (tertiary/aromatic N) is 2. The molecule has 0 saturated heterocycles. The standard InChI is InChI=1S/C15H9F3N2O/c16-15(17,18)12-8-4-7-11(9-12)14-20-19-13(21-14)10-5-2-1-3-6-10/h1-9H. The number of benzene rings is 2. The molecule has 0 amide bonds. The molecule has 3 aromatic rings. The number of halogens is 3. The maximum atomic E-state index is 12.7. The minimum atomic E-state index is -4.40. The van der Waals surface area contributed by atoms with Gasteiger partial charge in [-0.25, -0.2) is 0 Å². The van der Waals surface area contributed by atoms with E-state index in [9.17, 15) is 13.2 Å². The smallest absolute Gasteiger partial charge is 0.416 e. The van der Waals surface area contributed by atoms with Gasteiger partial charge in [0.1, 0.15) is 0 Å².